The highest BCUT2D eigenvalue weighted by molar-refractivity contribution is 7.89. The number of anilines is 1. The van der Waals surface area contributed by atoms with Gasteiger partial charge in [-0.3, -0.25) is 4.79 Å². The molecule has 1 aliphatic rings. The number of halogens is 1. The zero-order chi connectivity index (χ0) is 24.3. The molecule has 0 unspecified atom stereocenters. The lowest BCUT2D eigenvalue weighted by atomic mass is 9.92. The monoisotopic (exact) mass is 497 g/mol. The summed E-state index contributed by atoms with van der Waals surface area (Å²) in [5.74, 6) is -0.199. The number of rotatable bonds is 7. The number of carbonyl (C=O) groups is 1. The van der Waals surface area contributed by atoms with Crippen LogP contribution in [0.15, 0.2) is 77.7 Å². The number of hydrogen-bond donors (Lipinski definition) is 1. The Hall–Kier alpha value is -2.87. The first-order valence-electron chi connectivity index (χ1n) is 11.1. The summed E-state index contributed by atoms with van der Waals surface area (Å²) in [6.45, 7) is 0.691. The quantitative estimate of drug-likeness (QED) is 0.525. The van der Waals surface area contributed by atoms with Gasteiger partial charge < -0.3 is 10.2 Å². The summed E-state index contributed by atoms with van der Waals surface area (Å²) in [7, 11) is 0.143. The van der Waals surface area contributed by atoms with Gasteiger partial charge in [-0.2, -0.15) is 4.31 Å². The Morgan fingerprint density at radius 1 is 1.03 bits per heavy atom. The Kier molecular flexibility index (Phi) is 7.26. The van der Waals surface area contributed by atoms with Gasteiger partial charge in [0.05, 0.1) is 10.9 Å². The molecule has 34 heavy (non-hydrogen) atoms. The minimum absolute atomic E-state index is 0.0413. The van der Waals surface area contributed by atoms with E-state index in [-0.39, 0.29) is 17.2 Å². The van der Waals surface area contributed by atoms with Crippen molar-refractivity contribution in [2.24, 2.45) is 0 Å². The number of nitrogens with zero attached hydrogens (tertiary/aromatic N) is 2. The van der Waals surface area contributed by atoms with Crippen LogP contribution in [0.5, 0.6) is 0 Å². The number of hydrogen-bond acceptors (Lipinski definition) is 4. The second kappa shape index (κ2) is 10.2. The van der Waals surface area contributed by atoms with Crippen molar-refractivity contribution in [1.82, 2.24) is 9.62 Å². The van der Waals surface area contributed by atoms with E-state index in [0.717, 1.165) is 22.4 Å². The molecule has 1 N–H and O–H groups in total. The van der Waals surface area contributed by atoms with E-state index < -0.39 is 16.1 Å². The minimum atomic E-state index is -3.81. The largest absolute Gasteiger partial charge is 0.378 e. The molecule has 3 aromatic carbocycles. The van der Waals surface area contributed by atoms with Crippen LogP contribution >= 0.6 is 11.6 Å². The first kappa shape index (κ1) is 24.3. The van der Waals surface area contributed by atoms with Gasteiger partial charge in [0.15, 0.2) is 0 Å². The van der Waals surface area contributed by atoms with Crippen LogP contribution in [0, 0.1) is 0 Å². The van der Waals surface area contributed by atoms with Crippen molar-refractivity contribution in [2.75, 3.05) is 25.5 Å². The van der Waals surface area contributed by atoms with Crippen LogP contribution in [-0.4, -0.2) is 39.3 Å². The van der Waals surface area contributed by atoms with E-state index >= 15 is 0 Å². The Morgan fingerprint density at radius 3 is 2.38 bits per heavy atom. The standard InChI is InChI=1S/C26H28ClN3O3S/c1-29(2)22-11-7-19(8-12-22)18-28-26(31)17-25-24-6-4-3-5-20(24)15-16-30(25)34(32,33)23-13-9-21(27)10-14-23/h3-14,25H,15-18H2,1-2H3,(H,28,31)/t25-/m0/s1. The maximum Gasteiger partial charge on any atom is 0.243 e. The second-order valence-corrected chi connectivity index (χ2v) is 10.9. The van der Waals surface area contributed by atoms with Gasteiger partial charge in [-0.05, 0) is 59.5 Å². The van der Waals surface area contributed by atoms with Crippen LogP contribution in [0.3, 0.4) is 0 Å². The van der Waals surface area contributed by atoms with Crippen LogP contribution in [0.1, 0.15) is 29.2 Å². The van der Waals surface area contributed by atoms with Crippen molar-refractivity contribution < 1.29 is 13.2 Å². The first-order valence-corrected chi connectivity index (χ1v) is 13.0. The average molecular weight is 498 g/mol. The summed E-state index contributed by atoms with van der Waals surface area (Å²) in [4.78, 5) is 15.1. The van der Waals surface area contributed by atoms with Gasteiger partial charge in [0.2, 0.25) is 15.9 Å². The molecule has 0 bridgehead atoms. The zero-order valence-corrected chi connectivity index (χ0v) is 20.8. The topological polar surface area (TPSA) is 69.7 Å². The van der Waals surface area contributed by atoms with Gasteiger partial charge in [0, 0.05) is 44.3 Å². The minimum Gasteiger partial charge on any atom is -0.378 e. The van der Waals surface area contributed by atoms with E-state index in [1.54, 1.807) is 12.1 Å². The number of amides is 1. The Balaban J connectivity index is 1.54. The van der Waals surface area contributed by atoms with Crippen molar-refractivity contribution in [1.29, 1.82) is 0 Å². The third-order valence-corrected chi connectivity index (χ3v) is 8.28. The average Bonchev–Trinajstić information content (AvgIpc) is 2.83. The lowest BCUT2D eigenvalue weighted by molar-refractivity contribution is -0.122. The molecule has 178 valence electrons. The van der Waals surface area contributed by atoms with Crippen molar-refractivity contribution in [3.63, 3.8) is 0 Å². The molecule has 6 nitrogen and oxygen atoms in total. The van der Waals surface area contributed by atoms with Crippen LogP contribution in [0.4, 0.5) is 5.69 Å². The van der Waals surface area contributed by atoms with E-state index in [9.17, 15) is 13.2 Å². The summed E-state index contributed by atoms with van der Waals surface area (Å²) >= 11 is 5.96. The van der Waals surface area contributed by atoms with E-state index in [0.29, 0.717) is 24.5 Å². The molecular formula is C26H28ClN3O3S. The summed E-state index contributed by atoms with van der Waals surface area (Å²) in [6, 6.07) is 21.2. The number of sulfonamides is 1. The molecule has 8 heteroatoms. The molecule has 0 saturated heterocycles. The summed E-state index contributed by atoms with van der Waals surface area (Å²) < 4.78 is 28.5. The number of benzene rings is 3. The van der Waals surface area contributed by atoms with Crippen molar-refractivity contribution >= 4 is 33.2 Å². The second-order valence-electron chi connectivity index (χ2n) is 8.58. The molecule has 1 atom stereocenters. The van der Waals surface area contributed by atoms with E-state index in [1.807, 2.05) is 67.5 Å². The van der Waals surface area contributed by atoms with Crippen LogP contribution in [0.2, 0.25) is 5.02 Å². The third-order valence-electron chi connectivity index (χ3n) is 6.10. The molecule has 0 fully saturated rings. The van der Waals surface area contributed by atoms with E-state index in [1.165, 1.54) is 16.4 Å². The first-order chi connectivity index (χ1) is 16.3. The summed E-state index contributed by atoms with van der Waals surface area (Å²) in [6.07, 6.45) is 0.638. The lowest BCUT2D eigenvalue weighted by Gasteiger charge is -2.36. The third kappa shape index (κ3) is 5.27. The molecule has 0 radical (unpaired) electrons. The Bertz CT molecular complexity index is 1260. The normalized spacial score (nSPS) is 16.0. The smallest absolute Gasteiger partial charge is 0.243 e. The molecule has 0 spiro atoms. The fourth-order valence-corrected chi connectivity index (χ4v) is 5.96. The molecule has 1 heterocycles. The van der Waals surface area contributed by atoms with Crippen molar-refractivity contribution in [2.45, 2.75) is 30.3 Å². The predicted molar refractivity (Wildman–Crippen MR) is 135 cm³/mol. The van der Waals surface area contributed by atoms with Crippen molar-refractivity contribution in [3.8, 4) is 0 Å². The summed E-state index contributed by atoms with van der Waals surface area (Å²) in [5.41, 5.74) is 4.00. The maximum absolute atomic E-state index is 13.5. The van der Waals surface area contributed by atoms with E-state index in [2.05, 4.69) is 5.32 Å². The number of fused-ring (bicyclic) bond motifs is 1. The van der Waals surface area contributed by atoms with Crippen LogP contribution in [0.25, 0.3) is 0 Å². The van der Waals surface area contributed by atoms with Crippen molar-refractivity contribution in [3.05, 3.63) is 94.5 Å². The van der Waals surface area contributed by atoms with Gasteiger partial charge in [-0.15, -0.1) is 0 Å². The van der Waals surface area contributed by atoms with Gasteiger partial charge in [-0.1, -0.05) is 48.0 Å². The van der Waals surface area contributed by atoms with Gasteiger partial charge in [-0.25, -0.2) is 8.42 Å². The Morgan fingerprint density at radius 2 is 1.71 bits per heavy atom. The number of nitrogens with one attached hydrogen (secondary N) is 1. The zero-order valence-electron chi connectivity index (χ0n) is 19.2. The lowest BCUT2D eigenvalue weighted by Crippen LogP contribution is -2.42. The highest BCUT2D eigenvalue weighted by Crippen LogP contribution is 2.36. The van der Waals surface area contributed by atoms with Crippen LogP contribution < -0.4 is 10.2 Å². The highest BCUT2D eigenvalue weighted by atomic mass is 35.5. The highest BCUT2D eigenvalue weighted by Gasteiger charge is 2.37. The molecule has 0 aliphatic carbocycles. The molecule has 1 aliphatic heterocycles. The van der Waals surface area contributed by atoms with Gasteiger partial charge >= 0.3 is 0 Å². The molecule has 0 saturated carbocycles. The van der Waals surface area contributed by atoms with Gasteiger partial charge in [0.1, 0.15) is 0 Å². The molecule has 0 aromatic heterocycles. The fraction of sp³-hybridized carbons (Fsp3) is 0.269. The fourth-order valence-electron chi connectivity index (χ4n) is 4.23. The number of carbonyl (C=O) groups excluding carboxylic acids is 1. The molecular weight excluding hydrogens is 470 g/mol. The van der Waals surface area contributed by atoms with E-state index in [4.69, 9.17) is 11.6 Å². The molecule has 3 aromatic rings. The molecule has 4 rings (SSSR count). The predicted octanol–water partition coefficient (Wildman–Crippen LogP) is 4.40. The SMILES string of the molecule is CN(C)c1ccc(CNC(=O)C[C@H]2c3ccccc3CCN2S(=O)(=O)c2ccc(Cl)cc2)cc1. The van der Waals surface area contributed by atoms with Crippen LogP contribution in [-0.2, 0) is 27.8 Å². The molecule has 1 amide bonds. The maximum atomic E-state index is 13.5. The Labute approximate surface area is 206 Å². The summed E-state index contributed by atoms with van der Waals surface area (Å²) in [5, 5.41) is 3.42. The van der Waals surface area contributed by atoms with Gasteiger partial charge in [0.25, 0.3) is 0 Å².